The largest absolute Gasteiger partial charge is 1.00 e. The number of ether oxygens (including phenoxy) is 1. The molecule has 3 aromatic rings. The number of epoxide rings is 1. The quantitative estimate of drug-likeness (QED) is 0.277. The van der Waals surface area contributed by atoms with Crippen LogP contribution in [0.3, 0.4) is 0 Å². The van der Waals surface area contributed by atoms with Crippen molar-refractivity contribution in [3.8, 4) is 0 Å². The van der Waals surface area contributed by atoms with Crippen LogP contribution >= 0.6 is 0 Å². The summed E-state index contributed by atoms with van der Waals surface area (Å²) in [5.74, 6) is 0. The molecule has 1 nitrogen and oxygen atoms in total. The van der Waals surface area contributed by atoms with Crippen molar-refractivity contribution in [1.82, 2.24) is 0 Å². The summed E-state index contributed by atoms with van der Waals surface area (Å²) in [4.78, 5) is 0. The molecule has 0 amide bonds. The molecule has 3 heteroatoms. The first-order chi connectivity index (χ1) is 11.3. The third-order valence-corrected chi connectivity index (χ3v) is 9.47. The normalized spacial score (nSPS) is 17.1. The smallest absolute Gasteiger partial charge is 0.568 e. The van der Waals surface area contributed by atoms with E-state index in [0.717, 1.165) is 0 Å². The Labute approximate surface area is 156 Å². The minimum absolute atomic E-state index is 0. The van der Waals surface area contributed by atoms with E-state index < -0.39 is 8.07 Å². The summed E-state index contributed by atoms with van der Waals surface area (Å²) in [6.45, 7) is 2.16. The average molecular weight is 322 g/mol. The zero-order valence-corrected chi connectivity index (χ0v) is 15.1. The summed E-state index contributed by atoms with van der Waals surface area (Å²) >= 11 is 0. The third kappa shape index (κ3) is 2.81. The van der Waals surface area contributed by atoms with Crippen molar-refractivity contribution in [3.63, 3.8) is 0 Å². The molecule has 3 aromatic carbocycles. The van der Waals surface area contributed by atoms with E-state index in [1.54, 1.807) is 0 Å². The molecule has 1 unspecified atom stereocenters. The van der Waals surface area contributed by atoms with Crippen molar-refractivity contribution in [3.05, 3.63) is 96.7 Å². The molecule has 1 aliphatic heterocycles. The van der Waals surface area contributed by atoms with Crippen molar-refractivity contribution >= 4 is 23.6 Å². The number of hydrogen-bond acceptors (Lipinski definition) is 1. The van der Waals surface area contributed by atoms with Gasteiger partial charge < -0.3 is 4.74 Å². The Bertz CT molecular complexity index is 680. The third-order valence-electron chi connectivity index (χ3n) is 4.61. The summed E-state index contributed by atoms with van der Waals surface area (Å²) in [5.41, 5.74) is 1.26. The number of benzene rings is 3. The van der Waals surface area contributed by atoms with Gasteiger partial charge in [-0.05, 0) is 0 Å². The zero-order chi connectivity index (χ0) is 15.7. The molecule has 24 heavy (non-hydrogen) atoms. The van der Waals surface area contributed by atoms with Gasteiger partial charge in [-0.1, -0.05) is 120 Å². The van der Waals surface area contributed by atoms with Gasteiger partial charge in [0.2, 0.25) is 0 Å². The second-order valence-corrected chi connectivity index (χ2v) is 9.70. The minimum Gasteiger partial charge on any atom is -0.568 e. The second kappa shape index (κ2) is 7.13. The maximum absolute atomic E-state index is 6.02. The van der Waals surface area contributed by atoms with Crippen molar-refractivity contribution in [2.75, 3.05) is 0 Å². The molecule has 1 heterocycles. The molecule has 1 fully saturated rings. The predicted octanol–water partition coefficient (Wildman–Crippen LogP) is -0.349. The number of hydrogen-bond donors (Lipinski definition) is 0. The van der Waals surface area contributed by atoms with Crippen LogP contribution in [0.5, 0.6) is 0 Å². The van der Waals surface area contributed by atoms with E-state index >= 15 is 0 Å². The van der Waals surface area contributed by atoms with E-state index in [9.17, 15) is 0 Å². The summed E-state index contributed by atoms with van der Waals surface area (Å²) in [7, 11) is -2.26. The van der Waals surface area contributed by atoms with Crippen LogP contribution in [-0.2, 0) is 4.74 Å². The Morgan fingerprint density at radius 3 is 1.21 bits per heavy atom. The van der Waals surface area contributed by atoms with Gasteiger partial charge in [-0.2, -0.15) is 5.73 Å². The summed E-state index contributed by atoms with van der Waals surface area (Å²) in [6.07, 6.45) is 0.238. The molecule has 0 spiro atoms. The molecule has 4 rings (SSSR count). The molecule has 0 aromatic heterocycles. The summed E-state index contributed by atoms with van der Waals surface area (Å²) in [5, 5.41) is 4.16. The Morgan fingerprint density at radius 2 is 0.958 bits per heavy atom. The Balaban J connectivity index is 0.00000169. The van der Waals surface area contributed by atoms with Crippen LogP contribution in [0.2, 0.25) is 0 Å². The standard InChI is InChI=1S/C21H19OSi.Li/c1-17-21(22-17)23(18-11-5-2-6-12-18,19-13-7-3-8-14-19)20-15-9-4-10-16-20;/h2-17H,1H3;/q-1;+1. The van der Waals surface area contributed by atoms with Crippen LogP contribution in [-0.4, -0.2) is 14.2 Å². The van der Waals surface area contributed by atoms with E-state index in [0.29, 0.717) is 0 Å². The maximum atomic E-state index is 6.02. The molecule has 0 saturated carbocycles. The summed E-state index contributed by atoms with van der Waals surface area (Å²) < 4.78 is 6.02. The Morgan fingerprint density at radius 1 is 0.667 bits per heavy atom. The van der Waals surface area contributed by atoms with Crippen molar-refractivity contribution < 1.29 is 23.6 Å². The van der Waals surface area contributed by atoms with Gasteiger partial charge in [0, 0.05) is 8.07 Å². The number of rotatable bonds is 4. The molecule has 1 aliphatic rings. The minimum atomic E-state index is -2.26. The Kier molecular flexibility index (Phi) is 5.13. The molecular weight excluding hydrogens is 303 g/mol. The van der Waals surface area contributed by atoms with Crippen molar-refractivity contribution in [2.45, 2.75) is 13.0 Å². The summed E-state index contributed by atoms with van der Waals surface area (Å²) in [6, 6.07) is 32.6. The van der Waals surface area contributed by atoms with Crippen LogP contribution in [0.15, 0.2) is 91.0 Å². The van der Waals surface area contributed by atoms with Gasteiger partial charge in [0.15, 0.2) is 0 Å². The van der Waals surface area contributed by atoms with Crippen molar-refractivity contribution in [2.24, 2.45) is 0 Å². The van der Waals surface area contributed by atoms with E-state index in [1.165, 1.54) is 21.3 Å². The molecule has 0 radical (unpaired) electrons. The maximum Gasteiger partial charge on any atom is 1.00 e. The van der Waals surface area contributed by atoms with Crippen molar-refractivity contribution in [1.29, 1.82) is 0 Å². The van der Waals surface area contributed by atoms with Crippen LogP contribution in [0.25, 0.3) is 0 Å². The van der Waals surface area contributed by atoms with Crippen LogP contribution in [0.4, 0.5) is 0 Å². The molecule has 0 aliphatic carbocycles. The van der Waals surface area contributed by atoms with Gasteiger partial charge in [0.1, 0.15) is 0 Å². The van der Waals surface area contributed by atoms with Gasteiger partial charge in [0.25, 0.3) is 0 Å². The fraction of sp³-hybridized carbons (Fsp3) is 0.0952. The molecule has 0 N–H and O–H groups in total. The first kappa shape index (κ1) is 17.3. The SMILES string of the molecule is CC1O[C-]1[Si](c1ccccc1)(c1ccccc1)c1ccccc1.[Li+]. The first-order valence-corrected chi connectivity index (χ1v) is 10.0. The first-order valence-electron chi connectivity index (χ1n) is 8.04. The van der Waals surface area contributed by atoms with Gasteiger partial charge in [-0.15, -0.1) is 0 Å². The van der Waals surface area contributed by atoms with E-state index in [-0.39, 0.29) is 25.0 Å². The molecular formula is C21H19LiOSi. The van der Waals surface area contributed by atoms with E-state index in [1.807, 2.05) is 0 Å². The topological polar surface area (TPSA) is 12.5 Å². The molecule has 1 saturated heterocycles. The van der Waals surface area contributed by atoms with E-state index in [4.69, 9.17) is 4.74 Å². The van der Waals surface area contributed by atoms with Crippen LogP contribution < -0.4 is 34.4 Å². The zero-order valence-electron chi connectivity index (χ0n) is 14.1. The second-order valence-electron chi connectivity index (χ2n) is 5.97. The van der Waals surface area contributed by atoms with Crippen LogP contribution in [0, 0.1) is 5.73 Å². The molecule has 114 valence electrons. The van der Waals surface area contributed by atoms with E-state index in [2.05, 4.69) is 97.9 Å². The molecule has 0 bridgehead atoms. The fourth-order valence-electron chi connectivity index (χ4n) is 3.54. The molecule has 1 atom stereocenters. The predicted molar refractivity (Wildman–Crippen MR) is 97.8 cm³/mol. The Hall–Kier alpha value is -1.57. The van der Waals surface area contributed by atoms with Gasteiger partial charge in [-0.3, -0.25) is 0 Å². The average Bonchev–Trinajstić information content (AvgIpc) is 3.35. The fourth-order valence-corrected chi connectivity index (χ4v) is 8.44. The van der Waals surface area contributed by atoms with Gasteiger partial charge in [0.05, 0.1) is 0 Å². The van der Waals surface area contributed by atoms with Gasteiger partial charge >= 0.3 is 18.9 Å². The van der Waals surface area contributed by atoms with Crippen LogP contribution in [0.1, 0.15) is 6.92 Å². The van der Waals surface area contributed by atoms with Gasteiger partial charge in [-0.25, -0.2) is 0 Å². The monoisotopic (exact) mass is 322 g/mol.